The van der Waals surface area contributed by atoms with Gasteiger partial charge in [-0.2, -0.15) is 0 Å². The Labute approximate surface area is 297 Å². The zero-order valence-corrected chi connectivity index (χ0v) is 31.7. The van der Waals surface area contributed by atoms with Crippen LogP contribution in [0.5, 0.6) is 0 Å². The van der Waals surface area contributed by atoms with E-state index in [1.54, 1.807) is 0 Å². The van der Waals surface area contributed by atoms with Gasteiger partial charge in [0, 0.05) is 12.8 Å². The van der Waals surface area contributed by atoms with Crippen molar-refractivity contribution in [2.45, 2.75) is 103 Å². The summed E-state index contributed by atoms with van der Waals surface area (Å²) >= 11 is 0. The maximum Gasteiger partial charge on any atom is 0.306 e. The zero-order chi connectivity index (χ0) is 36.5. The molecule has 0 saturated carbocycles. The molecule has 2 atom stereocenters. The molecule has 0 spiro atoms. The molecule has 0 rings (SSSR count). The van der Waals surface area contributed by atoms with Gasteiger partial charge in [0.25, 0.3) is 7.82 Å². The second-order valence-electron chi connectivity index (χ2n) is 12.6. The van der Waals surface area contributed by atoms with Crippen molar-refractivity contribution in [3.8, 4) is 0 Å². The van der Waals surface area contributed by atoms with E-state index >= 15 is 0 Å². The Morgan fingerprint density at radius 3 is 1.88 bits per heavy atom. The van der Waals surface area contributed by atoms with Crippen LogP contribution >= 0.6 is 7.82 Å². The number of carbonyl (C=O) groups is 2. The third-order valence-corrected chi connectivity index (χ3v) is 7.72. The fraction of sp³-hybridized carbons (Fsp3) is 0.590. The Kier molecular flexibility index (Phi) is 29.4. The van der Waals surface area contributed by atoms with E-state index in [-0.39, 0.29) is 26.1 Å². The molecular weight excluding hydrogens is 641 g/mol. The first kappa shape index (κ1) is 46.2. The van der Waals surface area contributed by atoms with Gasteiger partial charge in [0.1, 0.15) is 19.8 Å². The van der Waals surface area contributed by atoms with Crippen molar-refractivity contribution in [2.24, 2.45) is 0 Å². The van der Waals surface area contributed by atoms with E-state index in [4.69, 9.17) is 18.5 Å². The Hall–Kier alpha value is -2.81. The summed E-state index contributed by atoms with van der Waals surface area (Å²) in [6.07, 6.45) is 37.7. The lowest BCUT2D eigenvalue weighted by Gasteiger charge is -2.28. The molecule has 0 heterocycles. The Bertz CT molecular complexity index is 1110. The standard InChI is InChI=1S/C39H64NO8P/c1-6-8-10-12-14-16-18-20-22-24-26-28-30-32-39(42)48-37(36-47-49(43,44)46-34-33-40(3,4)5)35-45-38(41)31-29-27-25-23-21-19-17-15-13-11-9-7-2/h8-12,14-18,20-23,37H,6-7,13,19,24-36H2,1-5H3/b10-8+,11-9+,14-12+,17-15+,18-16+,22-20+,23-21+. The first-order valence-corrected chi connectivity index (χ1v) is 19.3. The number of quaternary nitrogens is 1. The molecule has 0 aliphatic rings. The number of carbonyl (C=O) groups excluding carboxylic acids is 2. The van der Waals surface area contributed by atoms with Gasteiger partial charge in [0.05, 0.1) is 27.7 Å². The van der Waals surface area contributed by atoms with Crippen LogP contribution in [-0.2, 0) is 32.7 Å². The van der Waals surface area contributed by atoms with Crippen LogP contribution < -0.4 is 4.89 Å². The Balaban J connectivity index is 4.64. The van der Waals surface area contributed by atoms with Gasteiger partial charge in [-0.3, -0.25) is 14.2 Å². The van der Waals surface area contributed by atoms with Gasteiger partial charge in [-0.25, -0.2) is 0 Å². The van der Waals surface area contributed by atoms with Crippen molar-refractivity contribution in [1.82, 2.24) is 0 Å². The van der Waals surface area contributed by atoms with E-state index in [1.807, 2.05) is 57.6 Å². The normalized spacial score (nSPS) is 14.8. The molecule has 9 nitrogen and oxygen atoms in total. The van der Waals surface area contributed by atoms with Crippen LogP contribution in [0.15, 0.2) is 85.1 Å². The Morgan fingerprint density at radius 2 is 1.20 bits per heavy atom. The number of esters is 2. The van der Waals surface area contributed by atoms with Gasteiger partial charge in [-0.15, -0.1) is 0 Å². The van der Waals surface area contributed by atoms with E-state index in [2.05, 4.69) is 62.5 Å². The number of allylic oxidation sites excluding steroid dienone is 14. The van der Waals surface area contributed by atoms with Crippen molar-refractivity contribution in [3.05, 3.63) is 85.1 Å². The van der Waals surface area contributed by atoms with Gasteiger partial charge in [-0.05, 0) is 64.2 Å². The summed E-state index contributed by atoms with van der Waals surface area (Å²) in [7, 11) is 1.09. The smallest absolute Gasteiger partial charge is 0.306 e. The van der Waals surface area contributed by atoms with E-state index in [9.17, 15) is 19.0 Å². The molecule has 0 aliphatic carbocycles. The summed E-state index contributed by atoms with van der Waals surface area (Å²) in [5.41, 5.74) is 0. The number of ether oxygens (including phenoxy) is 2. The average molecular weight is 706 g/mol. The van der Waals surface area contributed by atoms with Gasteiger partial charge in [0.15, 0.2) is 6.10 Å². The summed E-state index contributed by atoms with van der Waals surface area (Å²) in [6.45, 7) is 3.81. The molecule has 10 heteroatoms. The summed E-state index contributed by atoms with van der Waals surface area (Å²) in [6, 6.07) is 0. The van der Waals surface area contributed by atoms with Crippen molar-refractivity contribution in [3.63, 3.8) is 0 Å². The van der Waals surface area contributed by atoms with E-state index in [1.165, 1.54) is 0 Å². The molecule has 0 radical (unpaired) electrons. The minimum atomic E-state index is -4.64. The van der Waals surface area contributed by atoms with E-state index in [0.717, 1.165) is 57.8 Å². The lowest BCUT2D eigenvalue weighted by molar-refractivity contribution is -0.870. The predicted octanol–water partition coefficient (Wildman–Crippen LogP) is 8.65. The molecule has 0 saturated heterocycles. The molecule has 0 aromatic heterocycles. The van der Waals surface area contributed by atoms with Crippen molar-refractivity contribution in [2.75, 3.05) is 47.5 Å². The molecule has 278 valence electrons. The van der Waals surface area contributed by atoms with Crippen LogP contribution in [0.3, 0.4) is 0 Å². The summed E-state index contributed by atoms with van der Waals surface area (Å²) in [4.78, 5) is 37.2. The van der Waals surface area contributed by atoms with E-state index < -0.39 is 32.5 Å². The highest BCUT2D eigenvalue weighted by molar-refractivity contribution is 7.45. The monoisotopic (exact) mass is 705 g/mol. The molecule has 0 fully saturated rings. The number of phosphoric ester groups is 1. The largest absolute Gasteiger partial charge is 0.756 e. The number of likely N-dealkylation sites (N-methyl/N-ethyl adjacent to an activating group) is 1. The highest BCUT2D eigenvalue weighted by atomic mass is 31.2. The first-order chi connectivity index (χ1) is 23.5. The first-order valence-electron chi connectivity index (χ1n) is 17.8. The number of phosphoric acid groups is 1. The van der Waals surface area contributed by atoms with Gasteiger partial charge >= 0.3 is 11.9 Å². The van der Waals surface area contributed by atoms with Crippen LogP contribution in [0.4, 0.5) is 0 Å². The number of hydrogen-bond donors (Lipinski definition) is 0. The second kappa shape index (κ2) is 31.2. The third kappa shape index (κ3) is 34.8. The minimum Gasteiger partial charge on any atom is -0.756 e. The Morgan fingerprint density at radius 1 is 0.653 bits per heavy atom. The SMILES string of the molecule is CC/C=C/C=C/C=C/C=C/CCCCCC(=O)OC(COC(=O)CCCC/C=C/C/C=C/C/C=C/CC)COP(=O)([O-])OCC[N+](C)(C)C. The molecule has 0 amide bonds. The lowest BCUT2D eigenvalue weighted by atomic mass is 10.1. The number of rotatable bonds is 30. The number of hydrogen-bond acceptors (Lipinski definition) is 8. The van der Waals surface area contributed by atoms with Crippen molar-refractivity contribution in [1.29, 1.82) is 0 Å². The second-order valence-corrected chi connectivity index (χ2v) is 14.0. The van der Waals surface area contributed by atoms with Crippen molar-refractivity contribution >= 4 is 19.8 Å². The van der Waals surface area contributed by atoms with Crippen LogP contribution in [0, 0.1) is 0 Å². The average Bonchev–Trinajstić information content (AvgIpc) is 3.04. The topological polar surface area (TPSA) is 111 Å². The highest BCUT2D eigenvalue weighted by Gasteiger charge is 2.21. The van der Waals surface area contributed by atoms with E-state index in [0.29, 0.717) is 23.9 Å². The zero-order valence-electron chi connectivity index (χ0n) is 30.8. The molecular formula is C39H64NO8P. The number of unbranched alkanes of at least 4 members (excludes halogenated alkanes) is 5. The van der Waals surface area contributed by atoms with Crippen LogP contribution in [0.2, 0.25) is 0 Å². The highest BCUT2D eigenvalue weighted by Crippen LogP contribution is 2.38. The molecule has 49 heavy (non-hydrogen) atoms. The molecule has 0 aromatic carbocycles. The fourth-order valence-electron chi connectivity index (χ4n) is 3.97. The van der Waals surface area contributed by atoms with Crippen LogP contribution in [-0.4, -0.2) is 70.0 Å². The lowest BCUT2D eigenvalue weighted by Crippen LogP contribution is -2.37. The van der Waals surface area contributed by atoms with Gasteiger partial charge in [0.2, 0.25) is 0 Å². The van der Waals surface area contributed by atoms with Gasteiger partial charge in [-0.1, -0.05) is 105 Å². The molecule has 0 bridgehead atoms. The molecule has 0 aromatic rings. The molecule has 0 aliphatic heterocycles. The number of nitrogens with zero attached hydrogens (tertiary/aromatic N) is 1. The van der Waals surface area contributed by atoms with Crippen molar-refractivity contribution < 1.29 is 42.1 Å². The summed E-state index contributed by atoms with van der Waals surface area (Å²) < 4.78 is 33.6. The fourth-order valence-corrected chi connectivity index (χ4v) is 4.70. The minimum absolute atomic E-state index is 0.0502. The van der Waals surface area contributed by atoms with Gasteiger partial charge < -0.3 is 27.9 Å². The quantitative estimate of drug-likeness (QED) is 0.0182. The maximum absolute atomic E-state index is 12.6. The van der Waals surface area contributed by atoms with Crippen LogP contribution in [0.1, 0.15) is 97.3 Å². The molecule has 2 unspecified atom stereocenters. The molecule has 0 N–H and O–H groups in total. The predicted molar refractivity (Wildman–Crippen MR) is 199 cm³/mol. The summed E-state index contributed by atoms with van der Waals surface area (Å²) in [5.74, 6) is -0.942. The summed E-state index contributed by atoms with van der Waals surface area (Å²) in [5, 5.41) is 0. The third-order valence-electron chi connectivity index (χ3n) is 6.76. The van der Waals surface area contributed by atoms with Crippen LogP contribution in [0.25, 0.3) is 0 Å². The maximum atomic E-state index is 12.6.